The first-order chi connectivity index (χ1) is 11.2. The van der Waals surface area contributed by atoms with E-state index in [4.69, 9.17) is 11.6 Å². The normalized spacial score (nSPS) is 11.8. The molecule has 3 rings (SSSR count). The summed E-state index contributed by atoms with van der Waals surface area (Å²) in [6, 6.07) is 3.88. The third kappa shape index (κ3) is 2.57. The van der Waals surface area contributed by atoms with Gasteiger partial charge >= 0.3 is 0 Å². The molecule has 124 valence electrons. The highest BCUT2D eigenvalue weighted by atomic mass is 35.5. The van der Waals surface area contributed by atoms with Crippen molar-refractivity contribution >= 4 is 32.3 Å². The summed E-state index contributed by atoms with van der Waals surface area (Å²) in [7, 11) is -4.43. The second kappa shape index (κ2) is 5.64. The van der Waals surface area contributed by atoms with Gasteiger partial charge in [0.2, 0.25) is 15.3 Å². The number of hydrogen-bond donors (Lipinski definition) is 1. The van der Waals surface area contributed by atoms with Crippen LogP contribution in [0.2, 0.25) is 5.02 Å². The maximum Gasteiger partial charge on any atom is 0.212 e. The largest absolute Gasteiger partial charge is 0.360 e. The summed E-state index contributed by atoms with van der Waals surface area (Å²) in [6.07, 6.45) is 0.898. The van der Waals surface area contributed by atoms with E-state index in [1.807, 2.05) is 0 Å². The summed E-state index contributed by atoms with van der Waals surface area (Å²) < 4.78 is 64.8. The molecule has 0 amide bonds. The molecule has 1 aromatic heterocycles. The van der Waals surface area contributed by atoms with Crippen LogP contribution in [0, 0.1) is 17.5 Å². The van der Waals surface area contributed by atoms with Crippen LogP contribution in [0.1, 0.15) is 0 Å². The Labute approximate surface area is 138 Å². The Bertz CT molecular complexity index is 1140. The first-order valence-corrected chi connectivity index (χ1v) is 8.28. The first-order valence-electron chi connectivity index (χ1n) is 6.42. The van der Waals surface area contributed by atoms with Crippen molar-refractivity contribution in [3.8, 4) is 0 Å². The van der Waals surface area contributed by atoms with Crippen LogP contribution in [-0.4, -0.2) is 13.4 Å². The summed E-state index contributed by atoms with van der Waals surface area (Å²) in [4.78, 5) is 13.6. The lowest BCUT2D eigenvalue weighted by molar-refractivity contribution is 0.504. The molecule has 3 aromatic rings. The molecule has 0 aliphatic heterocycles. The Kier molecular flexibility index (Phi) is 3.89. The Morgan fingerprint density at radius 1 is 0.958 bits per heavy atom. The highest BCUT2D eigenvalue weighted by Crippen LogP contribution is 2.24. The van der Waals surface area contributed by atoms with Gasteiger partial charge in [0.15, 0.2) is 11.6 Å². The molecule has 24 heavy (non-hydrogen) atoms. The van der Waals surface area contributed by atoms with Crippen molar-refractivity contribution in [3.05, 3.63) is 69.2 Å². The quantitative estimate of drug-likeness (QED) is 0.700. The highest BCUT2D eigenvalue weighted by Gasteiger charge is 2.24. The molecule has 0 radical (unpaired) electrons. The molecule has 0 aliphatic carbocycles. The predicted octanol–water partition coefficient (Wildman–Crippen LogP) is 3.43. The average Bonchev–Trinajstić information content (AvgIpc) is 2.52. The maximum atomic E-state index is 13.6. The zero-order chi connectivity index (χ0) is 17.6. The molecule has 0 bridgehead atoms. The minimum absolute atomic E-state index is 0.135. The lowest BCUT2D eigenvalue weighted by Crippen LogP contribution is -2.16. The molecule has 4 nitrogen and oxygen atoms in total. The smallest absolute Gasteiger partial charge is 0.212 e. The van der Waals surface area contributed by atoms with Gasteiger partial charge in [0.05, 0.1) is 15.4 Å². The number of aromatic amines is 1. The van der Waals surface area contributed by atoms with Gasteiger partial charge in [0, 0.05) is 11.6 Å². The van der Waals surface area contributed by atoms with E-state index in [2.05, 4.69) is 4.98 Å². The molecule has 0 spiro atoms. The highest BCUT2D eigenvalue weighted by molar-refractivity contribution is 7.91. The maximum absolute atomic E-state index is 13.6. The second-order valence-electron chi connectivity index (χ2n) is 4.87. The van der Waals surface area contributed by atoms with Crippen LogP contribution in [0.3, 0.4) is 0 Å². The number of aromatic nitrogens is 1. The van der Waals surface area contributed by atoms with Gasteiger partial charge in [0.25, 0.3) is 0 Å². The lowest BCUT2D eigenvalue weighted by Gasteiger charge is -2.07. The minimum atomic E-state index is -4.43. The predicted molar refractivity (Wildman–Crippen MR) is 81.3 cm³/mol. The number of H-pyrrole nitrogens is 1. The lowest BCUT2D eigenvalue weighted by atomic mass is 10.2. The van der Waals surface area contributed by atoms with Crippen molar-refractivity contribution in [1.82, 2.24) is 4.98 Å². The van der Waals surface area contributed by atoms with E-state index < -0.39 is 42.5 Å². The zero-order valence-electron chi connectivity index (χ0n) is 11.6. The summed E-state index contributed by atoms with van der Waals surface area (Å²) >= 11 is 5.61. The van der Waals surface area contributed by atoms with Gasteiger partial charge in [-0.15, -0.1) is 0 Å². The van der Waals surface area contributed by atoms with Crippen molar-refractivity contribution in [3.63, 3.8) is 0 Å². The number of pyridine rings is 1. The fourth-order valence-electron chi connectivity index (χ4n) is 2.17. The fourth-order valence-corrected chi connectivity index (χ4v) is 3.66. The van der Waals surface area contributed by atoms with E-state index in [-0.39, 0.29) is 15.9 Å². The number of benzene rings is 2. The van der Waals surface area contributed by atoms with Crippen LogP contribution in [0.15, 0.2) is 51.1 Å². The second-order valence-corrected chi connectivity index (χ2v) is 7.20. The molecule has 1 heterocycles. The van der Waals surface area contributed by atoms with Crippen molar-refractivity contribution in [1.29, 1.82) is 0 Å². The Balaban J connectivity index is 2.28. The zero-order valence-corrected chi connectivity index (χ0v) is 13.2. The van der Waals surface area contributed by atoms with Gasteiger partial charge in [0.1, 0.15) is 10.7 Å². The van der Waals surface area contributed by atoms with E-state index in [1.54, 1.807) is 0 Å². The topological polar surface area (TPSA) is 67.0 Å². The molecule has 9 heteroatoms. The van der Waals surface area contributed by atoms with Gasteiger partial charge in [-0.05, 0) is 30.3 Å². The van der Waals surface area contributed by atoms with Crippen LogP contribution < -0.4 is 5.43 Å². The van der Waals surface area contributed by atoms with Crippen LogP contribution in [-0.2, 0) is 9.84 Å². The van der Waals surface area contributed by atoms with Crippen LogP contribution >= 0.6 is 11.6 Å². The third-order valence-electron chi connectivity index (χ3n) is 3.38. The average molecular weight is 374 g/mol. The molecule has 0 fully saturated rings. The van der Waals surface area contributed by atoms with Gasteiger partial charge in [-0.2, -0.15) is 0 Å². The Morgan fingerprint density at radius 3 is 2.33 bits per heavy atom. The van der Waals surface area contributed by atoms with E-state index in [1.165, 1.54) is 0 Å². The van der Waals surface area contributed by atoms with E-state index in [0.717, 1.165) is 24.4 Å². The van der Waals surface area contributed by atoms with Crippen LogP contribution in [0.25, 0.3) is 10.9 Å². The number of fused-ring (bicyclic) bond motifs is 1. The number of sulfone groups is 1. The van der Waals surface area contributed by atoms with Crippen molar-refractivity contribution in [2.75, 3.05) is 0 Å². The van der Waals surface area contributed by atoms with Gasteiger partial charge < -0.3 is 4.98 Å². The SMILES string of the molecule is O=c1c(S(=O)(=O)c2ccc(F)c(F)c2)c[nH]c2cc(Cl)c(F)cc12. The molecule has 0 saturated carbocycles. The first kappa shape index (κ1) is 16.5. The molecule has 1 N–H and O–H groups in total. The Morgan fingerprint density at radius 2 is 1.67 bits per heavy atom. The van der Waals surface area contributed by atoms with Crippen LogP contribution in [0.5, 0.6) is 0 Å². The molecule has 0 aliphatic rings. The summed E-state index contributed by atoms with van der Waals surface area (Å²) in [5.41, 5.74) is -0.848. The monoisotopic (exact) mass is 373 g/mol. The number of nitrogens with one attached hydrogen (secondary N) is 1. The van der Waals surface area contributed by atoms with Crippen LogP contribution in [0.4, 0.5) is 13.2 Å². The Hall–Kier alpha value is -2.32. The van der Waals surface area contributed by atoms with Crippen molar-refractivity contribution < 1.29 is 21.6 Å². The number of halogens is 4. The fraction of sp³-hybridized carbons (Fsp3) is 0. The molecule has 0 atom stereocenters. The van der Waals surface area contributed by atoms with E-state index in [9.17, 15) is 26.4 Å². The molecular weight excluding hydrogens is 367 g/mol. The van der Waals surface area contributed by atoms with Gasteiger partial charge in [-0.3, -0.25) is 4.79 Å². The van der Waals surface area contributed by atoms with E-state index >= 15 is 0 Å². The molecule has 0 unspecified atom stereocenters. The van der Waals surface area contributed by atoms with E-state index in [0.29, 0.717) is 12.1 Å². The standard InChI is InChI=1S/C15H7ClF3NO3S/c16-9-5-13-8(4-11(9)18)15(21)14(6-20-13)24(22,23)7-1-2-10(17)12(19)3-7/h1-6H,(H,20,21). The van der Waals surface area contributed by atoms with Gasteiger partial charge in [-0.1, -0.05) is 11.6 Å². The number of rotatable bonds is 2. The molecule has 2 aromatic carbocycles. The summed E-state index contributed by atoms with van der Waals surface area (Å²) in [5.74, 6) is -3.48. The van der Waals surface area contributed by atoms with Gasteiger partial charge in [-0.25, -0.2) is 21.6 Å². The molecular formula is C15H7ClF3NO3S. The summed E-state index contributed by atoms with van der Waals surface area (Å²) in [6.45, 7) is 0. The number of hydrogen-bond acceptors (Lipinski definition) is 3. The minimum Gasteiger partial charge on any atom is -0.360 e. The van der Waals surface area contributed by atoms with Crippen molar-refractivity contribution in [2.45, 2.75) is 9.79 Å². The third-order valence-corrected chi connectivity index (χ3v) is 5.42. The van der Waals surface area contributed by atoms with Crippen molar-refractivity contribution in [2.24, 2.45) is 0 Å². The molecule has 0 saturated heterocycles. The summed E-state index contributed by atoms with van der Waals surface area (Å²) in [5, 5.41) is -0.477.